The fourth-order valence-corrected chi connectivity index (χ4v) is 1.06. The molecular weight excluding hydrogens is 182 g/mol. The number of hydrazine groups is 1. The first-order valence-corrected chi connectivity index (χ1v) is 4.02. The zero-order chi connectivity index (χ0) is 10.6. The predicted octanol–water partition coefficient (Wildman–Crippen LogP) is 0.248. The van der Waals surface area contributed by atoms with Gasteiger partial charge in [0.25, 0.3) is 5.91 Å². The second kappa shape index (κ2) is 4.38. The normalized spacial score (nSPS) is 9.29. The second-order valence-electron chi connectivity index (χ2n) is 2.70. The van der Waals surface area contributed by atoms with Crippen LogP contribution in [0, 0.1) is 0 Å². The van der Waals surface area contributed by atoms with Crippen molar-refractivity contribution in [2.75, 3.05) is 5.32 Å². The summed E-state index contributed by atoms with van der Waals surface area (Å²) in [5, 5.41) is 2.53. The number of benzene rings is 1. The lowest BCUT2D eigenvalue weighted by Crippen LogP contribution is -2.30. The Morgan fingerprint density at radius 1 is 1.29 bits per heavy atom. The first-order chi connectivity index (χ1) is 6.65. The highest BCUT2D eigenvalue weighted by Crippen LogP contribution is 2.14. The smallest absolute Gasteiger partial charge is 0.267 e. The number of rotatable bonds is 2. The van der Waals surface area contributed by atoms with Gasteiger partial charge in [-0.2, -0.15) is 0 Å². The van der Waals surface area contributed by atoms with Crippen molar-refractivity contribution in [1.29, 1.82) is 0 Å². The molecule has 0 aromatic heterocycles. The van der Waals surface area contributed by atoms with E-state index in [0.29, 0.717) is 11.3 Å². The van der Waals surface area contributed by atoms with Gasteiger partial charge in [0.2, 0.25) is 5.91 Å². The SMILES string of the molecule is CC(=O)Nc1ccccc1C(=O)NN. The van der Waals surface area contributed by atoms with Crippen molar-refractivity contribution < 1.29 is 9.59 Å². The van der Waals surface area contributed by atoms with Crippen molar-refractivity contribution in [3.63, 3.8) is 0 Å². The molecule has 0 saturated carbocycles. The van der Waals surface area contributed by atoms with Crippen LogP contribution >= 0.6 is 0 Å². The number of amides is 2. The van der Waals surface area contributed by atoms with Crippen LogP contribution in [-0.4, -0.2) is 11.8 Å². The summed E-state index contributed by atoms with van der Waals surface area (Å²) in [6, 6.07) is 6.62. The van der Waals surface area contributed by atoms with Crippen LogP contribution in [0.2, 0.25) is 0 Å². The first kappa shape index (κ1) is 10.2. The summed E-state index contributed by atoms with van der Waals surface area (Å²) in [6.07, 6.45) is 0. The maximum Gasteiger partial charge on any atom is 0.267 e. The molecule has 1 rings (SSSR count). The summed E-state index contributed by atoms with van der Waals surface area (Å²) in [6.45, 7) is 1.37. The molecule has 1 aromatic rings. The largest absolute Gasteiger partial charge is 0.326 e. The highest BCUT2D eigenvalue weighted by atomic mass is 16.2. The van der Waals surface area contributed by atoms with E-state index >= 15 is 0 Å². The van der Waals surface area contributed by atoms with E-state index in [1.165, 1.54) is 6.92 Å². The average molecular weight is 193 g/mol. The van der Waals surface area contributed by atoms with Crippen molar-refractivity contribution in [2.45, 2.75) is 6.92 Å². The van der Waals surface area contributed by atoms with Gasteiger partial charge in [0.1, 0.15) is 0 Å². The Balaban J connectivity index is 3.02. The molecule has 0 atom stereocenters. The Kier molecular flexibility index (Phi) is 3.19. The zero-order valence-corrected chi connectivity index (χ0v) is 7.70. The Labute approximate surface area is 81.3 Å². The van der Waals surface area contributed by atoms with Crippen LogP contribution in [0.1, 0.15) is 17.3 Å². The number of carbonyl (C=O) groups is 2. The van der Waals surface area contributed by atoms with E-state index in [1.54, 1.807) is 24.3 Å². The van der Waals surface area contributed by atoms with Gasteiger partial charge in [0.05, 0.1) is 11.3 Å². The summed E-state index contributed by atoms with van der Waals surface area (Å²) in [7, 11) is 0. The summed E-state index contributed by atoms with van der Waals surface area (Å²) >= 11 is 0. The number of hydrogen-bond donors (Lipinski definition) is 3. The van der Waals surface area contributed by atoms with Gasteiger partial charge in [-0.1, -0.05) is 12.1 Å². The van der Waals surface area contributed by atoms with E-state index in [4.69, 9.17) is 5.84 Å². The van der Waals surface area contributed by atoms with E-state index in [1.807, 2.05) is 5.43 Å². The highest BCUT2D eigenvalue weighted by Gasteiger charge is 2.09. The fraction of sp³-hybridized carbons (Fsp3) is 0.111. The Hall–Kier alpha value is -1.88. The minimum Gasteiger partial charge on any atom is -0.326 e. The van der Waals surface area contributed by atoms with E-state index in [2.05, 4.69) is 5.32 Å². The van der Waals surface area contributed by atoms with E-state index in [0.717, 1.165) is 0 Å². The lowest BCUT2D eigenvalue weighted by Gasteiger charge is -2.07. The Bertz CT molecular complexity index is 363. The molecule has 0 saturated heterocycles. The number of anilines is 1. The first-order valence-electron chi connectivity index (χ1n) is 4.02. The van der Waals surface area contributed by atoms with Crippen LogP contribution in [0.15, 0.2) is 24.3 Å². The van der Waals surface area contributed by atoms with Gasteiger partial charge < -0.3 is 5.32 Å². The number of hydrogen-bond acceptors (Lipinski definition) is 3. The van der Waals surface area contributed by atoms with Gasteiger partial charge in [0.15, 0.2) is 0 Å². The van der Waals surface area contributed by atoms with E-state index < -0.39 is 5.91 Å². The topological polar surface area (TPSA) is 84.2 Å². The van der Waals surface area contributed by atoms with Crippen molar-refractivity contribution >= 4 is 17.5 Å². The van der Waals surface area contributed by atoms with Crippen LogP contribution in [-0.2, 0) is 4.79 Å². The van der Waals surface area contributed by atoms with Gasteiger partial charge in [-0.3, -0.25) is 15.0 Å². The van der Waals surface area contributed by atoms with Crippen molar-refractivity contribution in [3.05, 3.63) is 29.8 Å². The number of para-hydroxylation sites is 1. The minimum atomic E-state index is -0.436. The molecule has 5 nitrogen and oxygen atoms in total. The number of nitrogen functional groups attached to an aromatic ring is 1. The molecular formula is C9H11N3O2. The van der Waals surface area contributed by atoms with Crippen molar-refractivity contribution in [1.82, 2.24) is 5.43 Å². The van der Waals surface area contributed by atoms with Crippen LogP contribution in [0.5, 0.6) is 0 Å². The monoisotopic (exact) mass is 193 g/mol. The maximum absolute atomic E-state index is 11.2. The van der Waals surface area contributed by atoms with Crippen LogP contribution in [0.4, 0.5) is 5.69 Å². The quantitative estimate of drug-likeness (QED) is 0.357. The standard InChI is InChI=1S/C9H11N3O2/c1-6(13)11-8-5-3-2-4-7(8)9(14)12-10/h2-5H,10H2,1H3,(H,11,13)(H,12,14). The van der Waals surface area contributed by atoms with E-state index in [9.17, 15) is 9.59 Å². The summed E-state index contributed by atoms with van der Waals surface area (Å²) in [5.74, 6) is 4.32. The van der Waals surface area contributed by atoms with Crippen LogP contribution in [0.3, 0.4) is 0 Å². The fourth-order valence-electron chi connectivity index (χ4n) is 1.06. The van der Waals surface area contributed by atoms with Gasteiger partial charge in [-0.15, -0.1) is 0 Å². The van der Waals surface area contributed by atoms with Gasteiger partial charge in [0, 0.05) is 6.92 Å². The molecule has 0 aliphatic carbocycles. The molecule has 14 heavy (non-hydrogen) atoms. The molecule has 0 unspecified atom stereocenters. The van der Waals surface area contributed by atoms with Gasteiger partial charge in [-0.25, -0.2) is 5.84 Å². The third kappa shape index (κ3) is 2.30. The number of nitrogens with one attached hydrogen (secondary N) is 2. The predicted molar refractivity (Wildman–Crippen MR) is 52.4 cm³/mol. The molecule has 2 amide bonds. The number of nitrogens with two attached hydrogens (primary N) is 1. The van der Waals surface area contributed by atoms with Crippen molar-refractivity contribution in [3.8, 4) is 0 Å². The molecule has 5 heteroatoms. The molecule has 0 heterocycles. The minimum absolute atomic E-state index is 0.234. The third-order valence-electron chi connectivity index (χ3n) is 1.61. The van der Waals surface area contributed by atoms with E-state index in [-0.39, 0.29) is 5.91 Å². The average Bonchev–Trinajstić information content (AvgIpc) is 2.16. The molecule has 0 radical (unpaired) electrons. The van der Waals surface area contributed by atoms with Gasteiger partial charge >= 0.3 is 0 Å². The summed E-state index contributed by atoms with van der Waals surface area (Å²) < 4.78 is 0. The van der Waals surface area contributed by atoms with Crippen molar-refractivity contribution in [2.24, 2.45) is 5.84 Å². The molecule has 4 N–H and O–H groups in total. The summed E-state index contributed by atoms with van der Waals surface area (Å²) in [4.78, 5) is 22.0. The third-order valence-corrected chi connectivity index (χ3v) is 1.61. The Morgan fingerprint density at radius 2 is 1.93 bits per heavy atom. The van der Waals surface area contributed by atoms with Gasteiger partial charge in [-0.05, 0) is 12.1 Å². The van der Waals surface area contributed by atoms with Crippen LogP contribution in [0.25, 0.3) is 0 Å². The molecule has 0 spiro atoms. The highest BCUT2D eigenvalue weighted by molar-refractivity contribution is 6.03. The second-order valence-corrected chi connectivity index (χ2v) is 2.70. The summed E-state index contributed by atoms with van der Waals surface area (Å²) in [5.41, 5.74) is 2.79. The molecule has 1 aromatic carbocycles. The Morgan fingerprint density at radius 3 is 2.50 bits per heavy atom. The molecule has 0 bridgehead atoms. The molecule has 0 fully saturated rings. The molecule has 0 aliphatic rings. The van der Waals surface area contributed by atoms with Crippen LogP contribution < -0.4 is 16.6 Å². The zero-order valence-electron chi connectivity index (χ0n) is 7.70. The number of carbonyl (C=O) groups excluding carboxylic acids is 2. The lowest BCUT2D eigenvalue weighted by molar-refractivity contribution is -0.114. The lowest BCUT2D eigenvalue weighted by atomic mass is 10.1. The maximum atomic E-state index is 11.2. The molecule has 0 aliphatic heterocycles. The molecule has 74 valence electrons.